The number of hydrogen-bond acceptors (Lipinski definition) is 4. The van der Waals surface area contributed by atoms with Gasteiger partial charge in [0.15, 0.2) is 0 Å². The minimum Gasteiger partial charge on any atom is -0.329 e. The monoisotopic (exact) mass is 181 g/mol. The first-order valence-electron chi connectivity index (χ1n) is 4.59. The van der Waals surface area contributed by atoms with Crippen LogP contribution in [0.25, 0.3) is 0 Å². The largest absolute Gasteiger partial charge is 0.329 e. The maximum Gasteiger partial charge on any atom is 0.0967 e. The highest BCUT2D eigenvalue weighted by Crippen LogP contribution is 2.18. The zero-order chi connectivity index (χ0) is 9.26. The van der Waals surface area contributed by atoms with Gasteiger partial charge < -0.3 is 5.73 Å². The van der Waals surface area contributed by atoms with Crippen LogP contribution in [0.1, 0.15) is 12.1 Å². The molecule has 0 radical (unpaired) electrons. The third-order valence-corrected chi connectivity index (χ3v) is 2.55. The summed E-state index contributed by atoms with van der Waals surface area (Å²) in [6.45, 7) is 2.77. The fourth-order valence-electron chi connectivity index (χ4n) is 1.65. The molecule has 0 bridgehead atoms. The van der Waals surface area contributed by atoms with E-state index in [4.69, 9.17) is 5.73 Å². The predicted octanol–water partition coefficient (Wildman–Crippen LogP) is -0.652. The summed E-state index contributed by atoms with van der Waals surface area (Å²) in [4.78, 5) is 2.34. The van der Waals surface area contributed by atoms with Crippen molar-refractivity contribution in [1.82, 2.24) is 19.9 Å². The molecule has 0 aliphatic carbocycles. The first kappa shape index (κ1) is 8.65. The van der Waals surface area contributed by atoms with Crippen LogP contribution in [0, 0.1) is 0 Å². The second-order valence-corrected chi connectivity index (χ2v) is 3.53. The van der Waals surface area contributed by atoms with Crippen molar-refractivity contribution < 1.29 is 0 Å². The summed E-state index contributed by atoms with van der Waals surface area (Å²) >= 11 is 0. The number of aromatic nitrogens is 3. The smallest absolute Gasteiger partial charge is 0.0967 e. The summed E-state index contributed by atoms with van der Waals surface area (Å²) in [5.41, 5.74) is 6.63. The highest BCUT2D eigenvalue weighted by molar-refractivity contribution is 4.95. The molecule has 1 unspecified atom stereocenters. The highest BCUT2D eigenvalue weighted by atomic mass is 15.4. The summed E-state index contributed by atoms with van der Waals surface area (Å²) in [6.07, 6.45) is 3.17. The standard InChI is InChI=1S/C8H15N5/c1-12-5-7(10-11-12)6-13-3-2-8(13)4-9/h5,8H,2-4,6,9H2,1H3. The van der Waals surface area contributed by atoms with E-state index in [0.29, 0.717) is 6.04 Å². The Balaban J connectivity index is 1.91. The van der Waals surface area contributed by atoms with E-state index in [0.717, 1.165) is 25.3 Å². The van der Waals surface area contributed by atoms with Crippen LogP contribution in [0.15, 0.2) is 6.20 Å². The van der Waals surface area contributed by atoms with Crippen LogP contribution in [0.2, 0.25) is 0 Å². The lowest BCUT2D eigenvalue weighted by atomic mass is 10.0. The van der Waals surface area contributed by atoms with E-state index >= 15 is 0 Å². The Morgan fingerprint density at radius 1 is 1.69 bits per heavy atom. The van der Waals surface area contributed by atoms with Crippen molar-refractivity contribution >= 4 is 0 Å². The van der Waals surface area contributed by atoms with Gasteiger partial charge in [0.05, 0.1) is 5.69 Å². The Kier molecular flexibility index (Phi) is 2.28. The van der Waals surface area contributed by atoms with Gasteiger partial charge in [-0.25, -0.2) is 0 Å². The maximum absolute atomic E-state index is 5.60. The molecule has 1 fully saturated rings. The van der Waals surface area contributed by atoms with E-state index in [9.17, 15) is 0 Å². The summed E-state index contributed by atoms with van der Waals surface area (Å²) in [6, 6.07) is 0.557. The van der Waals surface area contributed by atoms with E-state index in [1.807, 2.05) is 13.2 Å². The first-order chi connectivity index (χ1) is 6.29. The summed E-state index contributed by atoms with van der Waals surface area (Å²) in [5, 5.41) is 7.92. The Labute approximate surface area is 77.5 Å². The molecule has 0 spiro atoms. The minimum absolute atomic E-state index is 0.557. The van der Waals surface area contributed by atoms with Gasteiger partial charge in [-0.1, -0.05) is 5.21 Å². The van der Waals surface area contributed by atoms with Crippen LogP contribution in [0.4, 0.5) is 0 Å². The molecular formula is C8H15N5. The zero-order valence-electron chi connectivity index (χ0n) is 7.85. The molecule has 1 aliphatic rings. The molecule has 2 rings (SSSR count). The fourth-order valence-corrected chi connectivity index (χ4v) is 1.65. The van der Waals surface area contributed by atoms with Crippen molar-refractivity contribution in [2.45, 2.75) is 19.0 Å². The third-order valence-electron chi connectivity index (χ3n) is 2.55. The summed E-state index contributed by atoms with van der Waals surface area (Å²) in [7, 11) is 1.88. The molecular weight excluding hydrogens is 166 g/mol. The van der Waals surface area contributed by atoms with Gasteiger partial charge in [0.2, 0.25) is 0 Å². The topological polar surface area (TPSA) is 60.0 Å². The summed E-state index contributed by atoms with van der Waals surface area (Å²) in [5.74, 6) is 0. The van der Waals surface area contributed by atoms with Gasteiger partial charge in [0.1, 0.15) is 0 Å². The number of likely N-dealkylation sites (tertiary alicyclic amines) is 1. The average Bonchev–Trinajstić information content (AvgIpc) is 2.46. The molecule has 13 heavy (non-hydrogen) atoms. The second kappa shape index (κ2) is 3.43. The molecule has 1 aromatic rings. The van der Waals surface area contributed by atoms with Gasteiger partial charge in [-0.15, -0.1) is 5.10 Å². The van der Waals surface area contributed by atoms with Crippen molar-refractivity contribution in [3.63, 3.8) is 0 Å². The normalized spacial score (nSPS) is 23.1. The van der Waals surface area contributed by atoms with E-state index in [2.05, 4.69) is 15.2 Å². The van der Waals surface area contributed by atoms with E-state index < -0.39 is 0 Å². The molecule has 1 aliphatic heterocycles. The molecule has 5 nitrogen and oxygen atoms in total. The lowest BCUT2D eigenvalue weighted by Gasteiger charge is -2.39. The molecule has 1 aromatic heterocycles. The zero-order valence-corrected chi connectivity index (χ0v) is 7.85. The van der Waals surface area contributed by atoms with Gasteiger partial charge in [0, 0.05) is 38.9 Å². The molecule has 1 atom stereocenters. The minimum atomic E-state index is 0.557. The van der Waals surface area contributed by atoms with Gasteiger partial charge in [0.25, 0.3) is 0 Å². The lowest BCUT2D eigenvalue weighted by molar-refractivity contribution is 0.0867. The quantitative estimate of drug-likeness (QED) is 0.673. The van der Waals surface area contributed by atoms with Crippen molar-refractivity contribution in [3.05, 3.63) is 11.9 Å². The molecule has 1 saturated heterocycles. The first-order valence-corrected chi connectivity index (χ1v) is 4.59. The Bertz CT molecular complexity index is 280. The fraction of sp³-hybridized carbons (Fsp3) is 0.750. The molecule has 5 heteroatoms. The highest BCUT2D eigenvalue weighted by Gasteiger charge is 2.26. The Hall–Kier alpha value is -0.940. The van der Waals surface area contributed by atoms with Gasteiger partial charge in [-0.2, -0.15) is 0 Å². The molecule has 72 valence electrons. The van der Waals surface area contributed by atoms with Crippen LogP contribution >= 0.6 is 0 Å². The second-order valence-electron chi connectivity index (χ2n) is 3.53. The molecule has 0 aromatic carbocycles. The number of nitrogens with zero attached hydrogens (tertiary/aromatic N) is 4. The molecule has 2 heterocycles. The van der Waals surface area contributed by atoms with Crippen LogP contribution in [0.3, 0.4) is 0 Å². The third kappa shape index (κ3) is 1.71. The van der Waals surface area contributed by atoms with E-state index in [-0.39, 0.29) is 0 Å². The average molecular weight is 181 g/mol. The number of rotatable bonds is 3. The Morgan fingerprint density at radius 2 is 2.54 bits per heavy atom. The molecule has 0 saturated carbocycles. The van der Waals surface area contributed by atoms with Crippen molar-refractivity contribution in [2.24, 2.45) is 12.8 Å². The van der Waals surface area contributed by atoms with Gasteiger partial charge >= 0.3 is 0 Å². The molecule has 2 N–H and O–H groups in total. The predicted molar refractivity (Wildman–Crippen MR) is 48.9 cm³/mol. The lowest BCUT2D eigenvalue weighted by Crippen LogP contribution is -2.50. The van der Waals surface area contributed by atoms with Crippen LogP contribution < -0.4 is 5.73 Å². The van der Waals surface area contributed by atoms with Crippen molar-refractivity contribution in [1.29, 1.82) is 0 Å². The van der Waals surface area contributed by atoms with Crippen molar-refractivity contribution in [3.8, 4) is 0 Å². The van der Waals surface area contributed by atoms with Crippen LogP contribution in [-0.2, 0) is 13.6 Å². The molecule has 0 amide bonds. The summed E-state index contributed by atoms with van der Waals surface area (Å²) < 4.78 is 1.73. The van der Waals surface area contributed by atoms with Gasteiger partial charge in [-0.05, 0) is 6.42 Å². The van der Waals surface area contributed by atoms with E-state index in [1.165, 1.54) is 6.42 Å². The number of aryl methyl sites for hydroxylation is 1. The Morgan fingerprint density at radius 3 is 3.00 bits per heavy atom. The van der Waals surface area contributed by atoms with Crippen LogP contribution in [-0.4, -0.2) is 39.0 Å². The van der Waals surface area contributed by atoms with Gasteiger partial charge in [-0.3, -0.25) is 9.58 Å². The van der Waals surface area contributed by atoms with Crippen molar-refractivity contribution in [2.75, 3.05) is 13.1 Å². The number of hydrogen-bond donors (Lipinski definition) is 1. The number of nitrogens with two attached hydrogens (primary N) is 1. The maximum atomic E-state index is 5.60. The SMILES string of the molecule is Cn1cc(CN2CCC2CN)nn1. The van der Waals surface area contributed by atoms with E-state index in [1.54, 1.807) is 4.68 Å². The van der Waals surface area contributed by atoms with Crippen LogP contribution in [0.5, 0.6) is 0 Å².